The van der Waals surface area contributed by atoms with Crippen LogP contribution in [0, 0.1) is 17.0 Å². The Morgan fingerprint density at radius 3 is 2.36 bits per heavy atom. The highest BCUT2D eigenvalue weighted by atomic mass is 16.7. The second-order valence-corrected chi connectivity index (χ2v) is 6.89. The Morgan fingerprint density at radius 2 is 1.79 bits per heavy atom. The number of nitrogens with one attached hydrogen (secondary N) is 1. The molecule has 1 aromatic carbocycles. The van der Waals surface area contributed by atoms with Crippen molar-refractivity contribution in [3.05, 3.63) is 39.6 Å². The van der Waals surface area contributed by atoms with Crippen molar-refractivity contribution in [3.63, 3.8) is 0 Å². The maximum Gasteiger partial charge on any atom is 0.350 e. The summed E-state index contributed by atoms with van der Waals surface area (Å²) in [6.07, 6.45) is 1.19. The summed E-state index contributed by atoms with van der Waals surface area (Å²) in [5.74, 6) is -2.93. The van der Waals surface area contributed by atoms with E-state index in [-0.39, 0.29) is 11.3 Å². The van der Waals surface area contributed by atoms with E-state index >= 15 is 0 Å². The molecule has 1 aromatic rings. The number of nitro groups is 1. The molecule has 0 saturated carbocycles. The van der Waals surface area contributed by atoms with Crippen LogP contribution in [0.15, 0.2) is 23.9 Å². The molecular formula is C18H21N3O7. The number of rotatable bonds is 4. The van der Waals surface area contributed by atoms with E-state index in [4.69, 9.17) is 14.2 Å². The van der Waals surface area contributed by atoms with Gasteiger partial charge >= 0.3 is 11.9 Å². The molecule has 0 atom stereocenters. The average molecular weight is 391 g/mol. The first-order valence-corrected chi connectivity index (χ1v) is 8.73. The van der Waals surface area contributed by atoms with E-state index in [1.165, 1.54) is 26.1 Å². The zero-order valence-corrected chi connectivity index (χ0v) is 15.8. The maximum absolute atomic E-state index is 12.0. The van der Waals surface area contributed by atoms with Crippen LogP contribution in [0.3, 0.4) is 0 Å². The molecule has 2 fully saturated rings. The summed E-state index contributed by atoms with van der Waals surface area (Å²) in [7, 11) is 0. The summed E-state index contributed by atoms with van der Waals surface area (Å²) in [5, 5.41) is 14.3. The third kappa shape index (κ3) is 4.06. The highest BCUT2D eigenvalue weighted by molar-refractivity contribution is 6.15. The molecule has 0 bridgehead atoms. The number of benzene rings is 1. The third-order valence-corrected chi connectivity index (χ3v) is 4.36. The van der Waals surface area contributed by atoms with Crippen molar-refractivity contribution in [1.82, 2.24) is 0 Å². The summed E-state index contributed by atoms with van der Waals surface area (Å²) in [6.45, 7) is 6.62. The number of aryl methyl sites for hydroxylation is 1. The van der Waals surface area contributed by atoms with E-state index in [0.29, 0.717) is 43.2 Å². The normalized spacial score (nSPS) is 19.0. The summed E-state index contributed by atoms with van der Waals surface area (Å²) in [6, 6.07) is 3.07. The smallest absolute Gasteiger partial charge is 0.350 e. The number of esters is 2. The number of nitro benzene ring substituents is 1. The Kier molecular flexibility index (Phi) is 5.23. The Morgan fingerprint density at radius 1 is 1.18 bits per heavy atom. The number of morpholine rings is 1. The second-order valence-electron chi connectivity index (χ2n) is 6.89. The fourth-order valence-electron chi connectivity index (χ4n) is 2.97. The maximum atomic E-state index is 12.0. The number of cyclic esters (lactones) is 2. The summed E-state index contributed by atoms with van der Waals surface area (Å²) in [5.41, 5.74) is 1.24. The SMILES string of the molecule is Cc1cc([N+](=O)[O-])c(N2CCOCC2)cc1NC=C1C(=O)OC(C)(C)OC1=O. The van der Waals surface area contributed by atoms with Gasteiger partial charge in [0.25, 0.3) is 11.5 Å². The molecule has 0 radical (unpaired) electrons. The minimum atomic E-state index is -1.32. The predicted molar refractivity (Wildman–Crippen MR) is 98.8 cm³/mol. The van der Waals surface area contributed by atoms with Gasteiger partial charge < -0.3 is 24.4 Å². The topological polar surface area (TPSA) is 120 Å². The van der Waals surface area contributed by atoms with Crippen LogP contribution in [-0.4, -0.2) is 49.0 Å². The van der Waals surface area contributed by atoms with Crippen molar-refractivity contribution in [3.8, 4) is 0 Å². The molecule has 0 aromatic heterocycles. The van der Waals surface area contributed by atoms with Gasteiger partial charge in [0.2, 0.25) is 0 Å². The molecule has 2 heterocycles. The van der Waals surface area contributed by atoms with Crippen molar-refractivity contribution < 1.29 is 28.7 Å². The highest BCUT2D eigenvalue weighted by Gasteiger charge is 2.39. The van der Waals surface area contributed by atoms with Crippen molar-refractivity contribution >= 4 is 29.0 Å². The summed E-state index contributed by atoms with van der Waals surface area (Å²) < 4.78 is 15.4. The van der Waals surface area contributed by atoms with Crippen LogP contribution < -0.4 is 10.2 Å². The molecule has 0 spiro atoms. The molecule has 0 unspecified atom stereocenters. The van der Waals surface area contributed by atoms with Crippen molar-refractivity contribution in [2.75, 3.05) is 36.5 Å². The largest absolute Gasteiger partial charge is 0.419 e. The lowest BCUT2D eigenvalue weighted by Gasteiger charge is -2.30. The standard InChI is InChI=1S/C18H21N3O7/c1-11-8-15(21(24)25)14(20-4-6-26-7-5-20)9-13(11)19-10-12-16(22)27-18(2,3)28-17(12)23/h8-10,19H,4-7H2,1-3H3. The molecule has 0 amide bonds. The number of ether oxygens (including phenoxy) is 3. The minimum absolute atomic E-state index is 0.0177. The van der Waals surface area contributed by atoms with E-state index in [0.717, 1.165) is 0 Å². The number of nitrogens with zero attached hydrogens (tertiary/aromatic N) is 2. The molecule has 28 heavy (non-hydrogen) atoms. The zero-order valence-electron chi connectivity index (χ0n) is 15.8. The van der Waals surface area contributed by atoms with Crippen molar-refractivity contribution in [2.24, 2.45) is 0 Å². The lowest BCUT2D eigenvalue weighted by Crippen LogP contribution is -2.42. The van der Waals surface area contributed by atoms with Gasteiger partial charge in [-0.3, -0.25) is 10.1 Å². The van der Waals surface area contributed by atoms with E-state index in [1.54, 1.807) is 13.0 Å². The molecule has 150 valence electrons. The molecule has 10 heteroatoms. The first-order valence-electron chi connectivity index (χ1n) is 8.73. The van der Waals surface area contributed by atoms with Gasteiger partial charge in [0.15, 0.2) is 5.57 Å². The van der Waals surface area contributed by atoms with Crippen LogP contribution in [0.4, 0.5) is 17.1 Å². The van der Waals surface area contributed by atoms with Gasteiger partial charge in [-0.05, 0) is 18.6 Å². The average Bonchev–Trinajstić information content (AvgIpc) is 2.61. The molecule has 0 aliphatic carbocycles. The van der Waals surface area contributed by atoms with Gasteiger partial charge in [-0.25, -0.2) is 9.59 Å². The van der Waals surface area contributed by atoms with Gasteiger partial charge in [0.05, 0.1) is 18.1 Å². The van der Waals surface area contributed by atoms with Gasteiger partial charge in [0.1, 0.15) is 5.69 Å². The Labute approximate surface area is 161 Å². The molecule has 2 saturated heterocycles. The number of hydrogen-bond acceptors (Lipinski definition) is 9. The minimum Gasteiger partial charge on any atom is -0.419 e. The van der Waals surface area contributed by atoms with Crippen molar-refractivity contribution in [2.45, 2.75) is 26.6 Å². The summed E-state index contributed by atoms with van der Waals surface area (Å²) in [4.78, 5) is 37.0. The van der Waals surface area contributed by atoms with Gasteiger partial charge in [0, 0.05) is 44.9 Å². The molecule has 1 N–H and O–H groups in total. The van der Waals surface area contributed by atoms with Crippen LogP contribution in [0.2, 0.25) is 0 Å². The van der Waals surface area contributed by atoms with Gasteiger partial charge in [-0.1, -0.05) is 0 Å². The third-order valence-electron chi connectivity index (χ3n) is 4.36. The zero-order chi connectivity index (χ0) is 20.5. The second kappa shape index (κ2) is 7.47. The highest BCUT2D eigenvalue weighted by Crippen LogP contribution is 2.34. The monoisotopic (exact) mass is 391 g/mol. The summed E-state index contributed by atoms with van der Waals surface area (Å²) >= 11 is 0. The number of carbonyl (C=O) groups is 2. The Hall–Kier alpha value is -3.14. The van der Waals surface area contributed by atoms with E-state index in [2.05, 4.69) is 5.32 Å². The molecule has 3 rings (SSSR count). The van der Waals surface area contributed by atoms with Crippen LogP contribution in [0.5, 0.6) is 0 Å². The van der Waals surface area contributed by atoms with Gasteiger partial charge in [-0.2, -0.15) is 0 Å². The molecule has 2 aliphatic heterocycles. The van der Waals surface area contributed by atoms with E-state index in [1.807, 2.05) is 4.90 Å². The fraction of sp³-hybridized carbons (Fsp3) is 0.444. The fourth-order valence-corrected chi connectivity index (χ4v) is 2.97. The first kappa shape index (κ1) is 19.6. The Bertz CT molecular complexity index is 835. The Balaban J connectivity index is 1.91. The lowest BCUT2D eigenvalue weighted by atomic mass is 10.1. The first-order chi connectivity index (χ1) is 13.2. The molecular weight excluding hydrogens is 370 g/mol. The van der Waals surface area contributed by atoms with Crippen LogP contribution in [0.25, 0.3) is 0 Å². The van der Waals surface area contributed by atoms with Gasteiger partial charge in [-0.15, -0.1) is 0 Å². The van der Waals surface area contributed by atoms with E-state index < -0.39 is 22.6 Å². The number of hydrogen-bond donors (Lipinski definition) is 1. The quantitative estimate of drug-likeness (QED) is 0.269. The number of carbonyl (C=O) groups excluding carboxylic acids is 2. The van der Waals surface area contributed by atoms with Crippen LogP contribution >= 0.6 is 0 Å². The predicted octanol–water partition coefficient (Wildman–Crippen LogP) is 1.87. The molecule has 2 aliphatic rings. The van der Waals surface area contributed by atoms with Crippen LogP contribution in [-0.2, 0) is 23.8 Å². The van der Waals surface area contributed by atoms with Crippen LogP contribution in [0.1, 0.15) is 19.4 Å². The lowest BCUT2D eigenvalue weighted by molar-refractivity contribution is -0.384. The molecule has 10 nitrogen and oxygen atoms in total. The number of anilines is 2. The van der Waals surface area contributed by atoms with E-state index in [9.17, 15) is 19.7 Å². The van der Waals surface area contributed by atoms with Crippen molar-refractivity contribution in [1.29, 1.82) is 0 Å².